The van der Waals surface area contributed by atoms with Crippen molar-refractivity contribution in [2.75, 3.05) is 6.54 Å². The molecule has 0 spiro atoms. The van der Waals surface area contributed by atoms with Gasteiger partial charge in [-0.25, -0.2) is 0 Å². The predicted molar refractivity (Wildman–Crippen MR) is 86.9 cm³/mol. The smallest absolute Gasteiger partial charge is 0.0844 e. The van der Waals surface area contributed by atoms with Crippen molar-refractivity contribution in [1.29, 1.82) is 0 Å². The molecule has 0 unspecified atom stereocenters. The Kier molecular flexibility index (Phi) is 5.24. The molecule has 1 N–H and O–H groups in total. The molecule has 0 radical (unpaired) electrons. The van der Waals surface area contributed by atoms with Crippen molar-refractivity contribution >= 4 is 22.9 Å². The van der Waals surface area contributed by atoms with Crippen LogP contribution in [0.25, 0.3) is 0 Å². The lowest BCUT2D eigenvalue weighted by Gasteiger charge is -2.03. The van der Waals surface area contributed by atoms with Crippen LogP contribution in [0.2, 0.25) is 5.02 Å². The average molecular weight is 312 g/mol. The van der Waals surface area contributed by atoms with Crippen molar-refractivity contribution in [2.24, 2.45) is 0 Å². The van der Waals surface area contributed by atoms with E-state index in [1.165, 1.54) is 21.7 Å². The third-order valence-electron chi connectivity index (χ3n) is 3.41. The molecule has 20 heavy (non-hydrogen) atoms. The van der Waals surface area contributed by atoms with E-state index in [1.54, 1.807) is 0 Å². The first-order valence-corrected chi connectivity index (χ1v) is 8.20. The summed E-state index contributed by atoms with van der Waals surface area (Å²) in [5, 5.41) is 8.73. The normalized spacial score (nSPS) is 11.2. The molecule has 2 heterocycles. The van der Waals surface area contributed by atoms with Crippen LogP contribution >= 0.6 is 22.9 Å². The predicted octanol–water partition coefficient (Wildman–Crippen LogP) is 4.07. The van der Waals surface area contributed by atoms with Gasteiger partial charge in [-0.3, -0.25) is 4.68 Å². The summed E-state index contributed by atoms with van der Waals surface area (Å²) in [6.07, 6.45) is 1.17. The molecular weight excluding hydrogens is 290 g/mol. The van der Waals surface area contributed by atoms with Crippen LogP contribution in [-0.4, -0.2) is 16.3 Å². The quantitative estimate of drug-likeness (QED) is 0.815. The molecule has 0 aromatic carbocycles. The van der Waals surface area contributed by atoms with Crippen LogP contribution in [0.5, 0.6) is 0 Å². The van der Waals surface area contributed by atoms with Crippen LogP contribution in [-0.2, 0) is 13.1 Å². The maximum Gasteiger partial charge on any atom is 0.0844 e. The Morgan fingerprint density at radius 2 is 2.10 bits per heavy atom. The number of hydrogen-bond acceptors (Lipinski definition) is 3. The molecule has 5 heteroatoms. The highest BCUT2D eigenvalue weighted by Crippen LogP contribution is 2.25. The Morgan fingerprint density at radius 1 is 1.35 bits per heavy atom. The Labute approximate surface area is 130 Å². The zero-order valence-corrected chi connectivity index (χ0v) is 14.2. The highest BCUT2D eigenvalue weighted by Gasteiger charge is 2.12. The fourth-order valence-corrected chi connectivity index (χ4v) is 3.37. The molecule has 0 bridgehead atoms. The van der Waals surface area contributed by atoms with E-state index < -0.39 is 0 Å². The number of hydrogen-bond donors (Lipinski definition) is 1. The van der Waals surface area contributed by atoms with E-state index >= 15 is 0 Å². The van der Waals surface area contributed by atoms with Crippen molar-refractivity contribution in [2.45, 2.75) is 47.2 Å². The summed E-state index contributed by atoms with van der Waals surface area (Å²) < 4.78 is 2.00. The zero-order valence-electron chi connectivity index (χ0n) is 12.6. The summed E-state index contributed by atoms with van der Waals surface area (Å²) in [6.45, 7) is 11.2. The maximum atomic E-state index is 6.20. The number of aromatic nitrogens is 2. The first-order chi connectivity index (χ1) is 9.52. The highest BCUT2D eigenvalue weighted by molar-refractivity contribution is 7.12. The number of aryl methyl sites for hydroxylation is 2. The molecular formula is C15H22ClN3S. The minimum Gasteiger partial charge on any atom is -0.312 e. The Hall–Kier alpha value is -0.840. The van der Waals surface area contributed by atoms with Crippen LogP contribution in [0.3, 0.4) is 0 Å². The van der Waals surface area contributed by atoms with Crippen LogP contribution in [0, 0.1) is 20.8 Å². The van der Waals surface area contributed by atoms with E-state index in [1.807, 2.05) is 29.9 Å². The summed E-state index contributed by atoms with van der Waals surface area (Å²) in [7, 11) is 0. The second-order valence-corrected chi connectivity index (χ2v) is 6.83. The lowest BCUT2D eigenvalue weighted by Crippen LogP contribution is -2.12. The van der Waals surface area contributed by atoms with E-state index in [-0.39, 0.29) is 0 Å². The fourth-order valence-electron chi connectivity index (χ4n) is 2.21. The van der Waals surface area contributed by atoms with Crippen molar-refractivity contribution in [3.63, 3.8) is 0 Å². The standard InChI is InChI=1S/C15H22ClN3S/c1-5-6-17-8-14-7-13(12(4)20-14)9-19-11(3)15(16)10(2)18-19/h7,17H,5-6,8-9H2,1-4H3. The molecule has 0 aliphatic rings. The zero-order chi connectivity index (χ0) is 14.7. The average Bonchev–Trinajstić information content (AvgIpc) is 2.87. The fraction of sp³-hybridized carbons (Fsp3) is 0.533. The summed E-state index contributed by atoms with van der Waals surface area (Å²) in [5.74, 6) is 0. The minimum atomic E-state index is 0.780. The number of nitrogens with zero attached hydrogens (tertiary/aromatic N) is 2. The Morgan fingerprint density at radius 3 is 2.70 bits per heavy atom. The van der Waals surface area contributed by atoms with E-state index in [9.17, 15) is 0 Å². The summed E-state index contributed by atoms with van der Waals surface area (Å²) in [5.41, 5.74) is 3.29. The molecule has 2 aromatic heterocycles. The first-order valence-electron chi connectivity index (χ1n) is 7.01. The minimum absolute atomic E-state index is 0.780. The van der Waals surface area contributed by atoms with Gasteiger partial charge >= 0.3 is 0 Å². The van der Waals surface area contributed by atoms with E-state index in [0.29, 0.717) is 0 Å². The van der Waals surface area contributed by atoms with Crippen LogP contribution in [0.1, 0.15) is 40.1 Å². The van der Waals surface area contributed by atoms with Crippen LogP contribution < -0.4 is 5.32 Å². The molecule has 0 amide bonds. The molecule has 0 fully saturated rings. The number of rotatable bonds is 6. The lowest BCUT2D eigenvalue weighted by molar-refractivity contribution is 0.656. The van der Waals surface area contributed by atoms with Crippen molar-refractivity contribution < 1.29 is 0 Å². The van der Waals surface area contributed by atoms with Gasteiger partial charge in [0.1, 0.15) is 0 Å². The van der Waals surface area contributed by atoms with Gasteiger partial charge in [0.15, 0.2) is 0 Å². The molecule has 3 nitrogen and oxygen atoms in total. The topological polar surface area (TPSA) is 29.9 Å². The first kappa shape index (κ1) is 15.5. The number of halogens is 1. The summed E-state index contributed by atoms with van der Waals surface area (Å²) in [6, 6.07) is 2.28. The SMILES string of the molecule is CCCNCc1cc(Cn2nc(C)c(Cl)c2C)c(C)s1. The molecule has 0 aliphatic heterocycles. The lowest BCUT2D eigenvalue weighted by atomic mass is 10.2. The molecule has 2 aromatic rings. The van der Waals surface area contributed by atoms with Gasteiger partial charge in [0.25, 0.3) is 0 Å². The van der Waals surface area contributed by atoms with Crippen LogP contribution in [0.4, 0.5) is 0 Å². The molecule has 0 aliphatic carbocycles. The monoisotopic (exact) mass is 311 g/mol. The molecule has 0 atom stereocenters. The van der Waals surface area contributed by atoms with Gasteiger partial charge in [0.05, 0.1) is 23.0 Å². The van der Waals surface area contributed by atoms with Gasteiger partial charge < -0.3 is 5.32 Å². The molecule has 2 rings (SSSR count). The number of nitrogens with one attached hydrogen (secondary N) is 1. The largest absolute Gasteiger partial charge is 0.312 e. The van der Waals surface area contributed by atoms with Crippen molar-refractivity contribution in [3.8, 4) is 0 Å². The van der Waals surface area contributed by atoms with Gasteiger partial charge in [0.2, 0.25) is 0 Å². The van der Waals surface area contributed by atoms with E-state index in [4.69, 9.17) is 11.6 Å². The Bertz CT molecular complexity index is 586. The highest BCUT2D eigenvalue weighted by atomic mass is 35.5. The molecule has 0 saturated heterocycles. The van der Waals surface area contributed by atoms with Crippen molar-refractivity contribution in [3.05, 3.63) is 37.8 Å². The number of thiophene rings is 1. The summed E-state index contributed by atoms with van der Waals surface area (Å²) in [4.78, 5) is 2.75. The van der Waals surface area contributed by atoms with Gasteiger partial charge in [-0.1, -0.05) is 18.5 Å². The van der Waals surface area contributed by atoms with Gasteiger partial charge in [0, 0.05) is 16.3 Å². The molecule has 110 valence electrons. The maximum absolute atomic E-state index is 6.20. The van der Waals surface area contributed by atoms with E-state index in [0.717, 1.165) is 36.0 Å². The van der Waals surface area contributed by atoms with Gasteiger partial charge in [-0.15, -0.1) is 11.3 Å². The third kappa shape index (κ3) is 3.43. The second kappa shape index (κ2) is 6.74. The molecule has 0 saturated carbocycles. The third-order valence-corrected chi connectivity index (χ3v) is 5.05. The van der Waals surface area contributed by atoms with Gasteiger partial charge in [-0.2, -0.15) is 5.10 Å². The van der Waals surface area contributed by atoms with Crippen LogP contribution in [0.15, 0.2) is 6.07 Å². The van der Waals surface area contributed by atoms with E-state index in [2.05, 4.69) is 30.3 Å². The van der Waals surface area contributed by atoms with Crippen molar-refractivity contribution in [1.82, 2.24) is 15.1 Å². The summed E-state index contributed by atoms with van der Waals surface area (Å²) >= 11 is 8.07. The Balaban J connectivity index is 2.11. The second-order valence-electron chi connectivity index (χ2n) is 5.11. The van der Waals surface area contributed by atoms with Gasteiger partial charge in [-0.05, 0) is 45.4 Å².